The van der Waals surface area contributed by atoms with Crippen LogP contribution in [-0.4, -0.2) is 50.3 Å². The molecule has 7 nitrogen and oxygen atoms in total. The highest BCUT2D eigenvalue weighted by Crippen LogP contribution is 2.25. The van der Waals surface area contributed by atoms with Gasteiger partial charge >= 0.3 is 0 Å². The van der Waals surface area contributed by atoms with Gasteiger partial charge in [0.05, 0.1) is 10.6 Å². The summed E-state index contributed by atoms with van der Waals surface area (Å²) in [6.45, 7) is 9.00. The molecule has 0 bridgehead atoms. The minimum absolute atomic E-state index is 0.0953. The number of carbonyl (C=O) groups excluding carboxylic acids is 2. The average molecular weight is 536 g/mol. The summed E-state index contributed by atoms with van der Waals surface area (Å²) in [5, 5.41) is 2.86. The first-order valence-corrected chi connectivity index (χ1v) is 14.2. The standard InChI is InChI=1S/C30H37N3O4S/c1-22(2)31-30(35)25(5)32(20-19-26-9-7-6-8-10-26)29(34)21-33(27-15-11-23(3)12-16-27)38(36,37)28-17-13-24(4)14-18-28/h6-18,22,25H,19-21H2,1-5H3,(H,31,35)/t25-/m0/s1. The SMILES string of the molecule is Cc1ccc(N(CC(=O)N(CCc2ccccc2)[C@@H](C)C(=O)NC(C)C)S(=O)(=O)c2ccc(C)cc2)cc1. The Hall–Kier alpha value is -3.65. The summed E-state index contributed by atoms with van der Waals surface area (Å²) in [4.78, 5) is 28.3. The number of rotatable bonds is 11. The highest BCUT2D eigenvalue weighted by molar-refractivity contribution is 7.92. The molecule has 1 N–H and O–H groups in total. The van der Waals surface area contributed by atoms with Gasteiger partial charge in [-0.15, -0.1) is 0 Å². The van der Waals surface area contributed by atoms with Gasteiger partial charge in [0, 0.05) is 12.6 Å². The second-order valence-corrected chi connectivity index (χ2v) is 11.7. The lowest BCUT2D eigenvalue weighted by Crippen LogP contribution is -2.53. The van der Waals surface area contributed by atoms with Crippen molar-refractivity contribution >= 4 is 27.5 Å². The van der Waals surface area contributed by atoms with E-state index in [9.17, 15) is 18.0 Å². The van der Waals surface area contributed by atoms with Gasteiger partial charge in [-0.1, -0.05) is 65.7 Å². The van der Waals surface area contributed by atoms with Gasteiger partial charge < -0.3 is 10.2 Å². The van der Waals surface area contributed by atoms with Crippen LogP contribution in [0.4, 0.5) is 5.69 Å². The zero-order chi connectivity index (χ0) is 27.9. The van der Waals surface area contributed by atoms with Gasteiger partial charge in [-0.3, -0.25) is 13.9 Å². The number of hydrogen-bond acceptors (Lipinski definition) is 4. The largest absolute Gasteiger partial charge is 0.352 e. The Morgan fingerprint density at radius 2 is 1.37 bits per heavy atom. The second-order valence-electron chi connectivity index (χ2n) is 9.82. The summed E-state index contributed by atoms with van der Waals surface area (Å²) in [7, 11) is -4.06. The van der Waals surface area contributed by atoms with Crippen molar-refractivity contribution in [3.63, 3.8) is 0 Å². The van der Waals surface area contributed by atoms with E-state index in [2.05, 4.69) is 5.32 Å². The highest BCUT2D eigenvalue weighted by Gasteiger charge is 2.32. The first-order chi connectivity index (χ1) is 18.0. The first kappa shape index (κ1) is 28.9. The van der Waals surface area contributed by atoms with E-state index in [1.165, 1.54) is 4.90 Å². The molecule has 3 aromatic rings. The molecule has 0 saturated heterocycles. The van der Waals surface area contributed by atoms with Crippen molar-refractivity contribution in [1.82, 2.24) is 10.2 Å². The Labute approximate surface area is 226 Å². The Kier molecular flexibility index (Phi) is 9.69. The molecule has 0 spiro atoms. The zero-order valence-corrected chi connectivity index (χ0v) is 23.5. The summed E-state index contributed by atoms with van der Waals surface area (Å²) in [6, 6.07) is 22.3. The molecule has 0 aromatic heterocycles. The van der Waals surface area contributed by atoms with E-state index in [0.717, 1.165) is 21.0 Å². The molecule has 0 fully saturated rings. The number of hydrogen-bond donors (Lipinski definition) is 1. The second kappa shape index (κ2) is 12.7. The maximum atomic E-state index is 13.8. The van der Waals surface area contributed by atoms with Crippen LogP contribution in [0.5, 0.6) is 0 Å². The quantitative estimate of drug-likeness (QED) is 0.392. The van der Waals surface area contributed by atoms with E-state index in [-0.39, 0.29) is 23.4 Å². The number of nitrogens with one attached hydrogen (secondary N) is 1. The summed E-state index contributed by atoms with van der Waals surface area (Å²) in [5.74, 6) is -0.742. The third-order valence-corrected chi connectivity index (χ3v) is 8.08. The molecular formula is C30H37N3O4S. The van der Waals surface area contributed by atoms with Crippen LogP contribution >= 0.6 is 0 Å². The molecule has 3 aromatic carbocycles. The van der Waals surface area contributed by atoms with E-state index < -0.39 is 28.5 Å². The molecule has 3 rings (SSSR count). The van der Waals surface area contributed by atoms with Gasteiger partial charge in [0.1, 0.15) is 12.6 Å². The molecule has 0 aliphatic rings. The number of benzene rings is 3. The van der Waals surface area contributed by atoms with E-state index in [1.54, 1.807) is 43.3 Å². The molecule has 8 heteroatoms. The molecule has 1 atom stereocenters. The lowest BCUT2D eigenvalue weighted by Gasteiger charge is -2.32. The number of anilines is 1. The molecule has 0 unspecified atom stereocenters. The topological polar surface area (TPSA) is 86.8 Å². The van der Waals surface area contributed by atoms with Crippen molar-refractivity contribution < 1.29 is 18.0 Å². The zero-order valence-electron chi connectivity index (χ0n) is 22.7. The van der Waals surface area contributed by atoms with E-state index in [4.69, 9.17) is 0 Å². The number of amides is 2. The van der Waals surface area contributed by atoms with Crippen molar-refractivity contribution in [2.24, 2.45) is 0 Å². The van der Waals surface area contributed by atoms with Crippen LogP contribution in [0.1, 0.15) is 37.5 Å². The molecule has 0 saturated carbocycles. The Bertz CT molecular complexity index is 1320. The Balaban J connectivity index is 1.97. The van der Waals surface area contributed by atoms with Crippen LogP contribution in [0.25, 0.3) is 0 Å². The smallest absolute Gasteiger partial charge is 0.264 e. The molecule has 38 heavy (non-hydrogen) atoms. The predicted molar refractivity (Wildman–Crippen MR) is 151 cm³/mol. The van der Waals surface area contributed by atoms with Crippen molar-refractivity contribution in [3.8, 4) is 0 Å². The maximum absolute atomic E-state index is 13.8. The van der Waals surface area contributed by atoms with E-state index in [0.29, 0.717) is 12.1 Å². The molecule has 202 valence electrons. The Morgan fingerprint density at radius 3 is 1.92 bits per heavy atom. The van der Waals surface area contributed by atoms with Gasteiger partial charge in [0.25, 0.3) is 10.0 Å². The summed E-state index contributed by atoms with van der Waals surface area (Å²) in [6.07, 6.45) is 0.529. The fourth-order valence-electron chi connectivity index (χ4n) is 4.05. The van der Waals surface area contributed by atoms with Crippen LogP contribution in [0.15, 0.2) is 83.8 Å². The third kappa shape index (κ3) is 7.44. The van der Waals surface area contributed by atoms with E-state index >= 15 is 0 Å². The molecular weight excluding hydrogens is 498 g/mol. The van der Waals surface area contributed by atoms with E-state index in [1.807, 2.05) is 70.2 Å². The van der Waals surface area contributed by atoms with Crippen LogP contribution in [0.3, 0.4) is 0 Å². The number of sulfonamides is 1. The minimum Gasteiger partial charge on any atom is -0.352 e. The van der Waals surface area contributed by atoms with Crippen molar-refractivity contribution in [3.05, 3.63) is 95.6 Å². The molecule has 2 amide bonds. The van der Waals surface area contributed by atoms with Crippen LogP contribution in [0, 0.1) is 13.8 Å². The molecule has 0 aliphatic carbocycles. The van der Waals surface area contributed by atoms with Crippen molar-refractivity contribution in [2.45, 2.75) is 58.0 Å². The number of aryl methyl sites for hydroxylation is 2. The lowest BCUT2D eigenvalue weighted by atomic mass is 10.1. The van der Waals surface area contributed by atoms with Crippen molar-refractivity contribution in [2.75, 3.05) is 17.4 Å². The van der Waals surface area contributed by atoms with Gasteiger partial charge in [-0.05, 0) is 70.9 Å². The minimum atomic E-state index is -4.06. The normalized spacial score (nSPS) is 12.2. The van der Waals surface area contributed by atoms with Gasteiger partial charge in [0.15, 0.2) is 0 Å². The predicted octanol–water partition coefficient (Wildman–Crippen LogP) is 4.48. The molecule has 0 radical (unpaired) electrons. The van der Waals surface area contributed by atoms with Crippen molar-refractivity contribution in [1.29, 1.82) is 0 Å². The highest BCUT2D eigenvalue weighted by atomic mass is 32.2. The van der Waals surface area contributed by atoms with Crippen LogP contribution in [0.2, 0.25) is 0 Å². The molecule has 0 aliphatic heterocycles. The molecule has 0 heterocycles. The van der Waals surface area contributed by atoms with Gasteiger partial charge in [-0.2, -0.15) is 0 Å². The summed E-state index contributed by atoms with van der Waals surface area (Å²) >= 11 is 0. The maximum Gasteiger partial charge on any atom is 0.264 e. The van der Waals surface area contributed by atoms with Crippen LogP contribution < -0.4 is 9.62 Å². The lowest BCUT2D eigenvalue weighted by molar-refractivity contribution is -0.139. The monoisotopic (exact) mass is 535 g/mol. The van der Waals surface area contributed by atoms with Gasteiger partial charge in [0.2, 0.25) is 11.8 Å². The summed E-state index contributed by atoms with van der Waals surface area (Å²) in [5.41, 5.74) is 3.30. The number of carbonyl (C=O) groups is 2. The average Bonchev–Trinajstić information content (AvgIpc) is 2.88. The fourth-order valence-corrected chi connectivity index (χ4v) is 5.47. The fraction of sp³-hybridized carbons (Fsp3) is 0.333. The van der Waals surface area contributed by atoms with Gasteiger partial charge in [-0.25, -0.2) is 8.42 Å². The van der Waals surface area contributed by atoms with Crippen LogP contribution in [-0.2, 0) is 26.0 Å². The summed E-state index contributed by atoms with van der Waals surface area (Å²) < 4.78 is 28.7. The third-order valence-electron chi connectivity index (χ3n) is 6.29. The first-order valence-electron chi connectivity index (χ1n) is 12.8. The number of nitrogens with zero attached hydrogens (tertiary/aromatic N) is 2. The Morgan fingerprint density at radius 1 is 0.816 bits per heavy atom.